The Bertz CT molecular complexity index is 565. The molecule has 0 spiro atoms. The summed E-state index contributed by atoms with van der Waals surface area (Å²) in [6.07, 6.45) is 0. The molecule has 2 rings (SSSR count). The zero-order valence-electron chi connectivity index (χ0n) is 10.2. The van der Waals surface area contributed by atoms with Gasteiger partial charge in [-0.25, -0.2) is 0 Å². The number of anilines is 1. The van der Waals surface area contributed by atoms with Crippen LogP contribution in [0.4, 0.5) is 5.69 Å². The number of nitrogens with zero attached hydrogens (tertiary/aromatic N) is 1. The van der Waals surface area contributed by atoms with Crippen molar-refractivity contribution < 1.29 is 0 Å². The van der Waals surface area contributed by atoms with E-state index in [2.05, 4.69) is 31.3 Å². The largest absolute Gasteiger partial charge is 0.384 e. The molecule has 0 saturated heterocycles. The average Bonchev–Trinajstić information content (AvgIpc) is 2.35. The maximum absolute atomic E-state index is 9.07. The monoisotopic (exact) mass is 224 g/mol. The Balaban J connectivity index is 2.48. The van der Waals surface area contributed by atoms with Crippen LogP contribution in [0.15, 0.2) is 36.4 Å². The molecule has 0 bridgehead atoms. The molecule has 2 aromatic carbocycles. The van der Waals surface area contributed by atoms with Crippen molar-refractivity contribution in [1.82, 2.24) is 0 Å². The molecule has 0 unspecified atom stereocenters. The summed E-state index contributed by atoms with van der Waals surface area (Å²) in [6.45, 7) is 5.30. The van der Waals surface area contributed by atoms with Gasteiger partial charge in [0.05, 0.1) is 11.6 Å². The van der Waals surface area contributed by atoms with E-state index in [1.807, 2.05) is 30.3 Å². The summed E-state index contributed by atoms with van der Waals surface area (Å²) in [6, 6.07) is 14.1. The Hall–Kier alpha value is -2.01. The number of rotatable bonds is 3. The van der Waals surface area contributed by atoms with Crippen molar-refractivity contribution in [3.63, 3.8) is 0 Å². The van der Waals surface area contributed by atoms with Gasteiger partial charge in [-0.2, -0.15) is 5.26 Å². The third-order valence-corrected chi connectivity index (χ3v) is 2.75. The minimum atomic E-state index is 0.601. The van der Waals surface area contributed by atoms with Gasteiger partial charge in [-0.15, -0.1) is 0 Å². The lowest BCUT2D eigenvalue weighted by atomic mass is 10.0. The zero-order chi connectivity index (χ0) is 12.3. The van der Waals surface area contributed by atoms with Crippen molar-refractivity contribution in [3.8, 4) is 6.07 Å². The molecule has 0 atom stereocenters. The normalized spacial score (nSPS) is 10.5. The summed E-state index contributed by atoms with van der Waals surface area (Å²) in [5.41, 5.74) is 1.84. The van der Waals surface area contributed by atoms with Gasteiger partial charge in [0.2, 0.25) is 0 Å². The number of nitrogens with one attached hydrogen (secondary N) is 1. The highest BCUT2D eigenvalue weighted by Crippen LogP contribution is 2.26. The second kappa shape index (κ2) is 4.88. The molecular formula is C15H16N2. The molecule has 0 radical (unpaired) electrons. The van der Waals surface area contributed by atoms with E-state index in [-0.39, 0.29) is 0 Å². The van der Waals surface area contributed by atoms with Gasteiger partial charge in [0.1, 0.15) is 0 Å². The molecule has 0 aromatic heterocycles. The van der Waals surface area contributed by atoms with E-state index in [1.54, 1.807) is 0 Å². The molecule has 17 heavy (non-hydrogen) atoms. The van der Waals surface area contributed by atoms with Crippen molar-refractivity contribution in [2.75, 3.05) is 11.9 Å². The number of hydrogen-bond donors (Lipinski definition) is 1. The second-order valence-electron chi connectivity index (χ2n) is 4.59. The van der Waals surface area contributed by atoms with Gasteiger partial charge >= 0.3 is 0 Å². The van der Waals surface area contributed by atoms with Gasteiger partial charge in [0.25, 0.3) is 0 Å². The first kappa shape index (κ1) is 11.5. The maximum atomic E-state index is 9.07. The third-order valence-electron chi connectivity index (χ3n) is 2.75. The second-order valence-corrected chi connectivity index (χ2v) is 4.59. The van der Waals surface area contributed by atoms with Crippen LogP contribution in [0.25, 0.3) is 10.8 Å². The van der Waals surface area contributed by atoms with Gasteiger partial charge in [-0.1, -0.05) is 38.1 Å². The highest BCUT2D eigenvalue weighted by molar-refractivity contribution is 5.97. The van der Waals surface area contributed by atoms with Crippen LogP contribution >= 0.6 is 0 Å². The topological polar surface area (TPSA) is 35.8 Å². The maximum Gasteiger partial charge on any atom is 0.0998 e. The Morgan fingerprint density at radius 2 is 1.82 bits per heavy atom. The highest BCUT2D eigenvalue weighted by Gasteiger charge is 2.05. The summed E-state index contributed by atoms with van der Waals surface area (Å²) in [5, 5.41) is 14.6. The number of nitriles is 1. The quantitative estimate of drug-likeness (QED) is 0.861. The Kier molecular flexibility index (Phi) is 3.30. The van der Waals surface area contributed by atoms with Gasteiger partial charge < -0.3 is 5.32 Å². The molecule has 2 nitrogen and oxygen atoms in total. The van der Waals surface area contributed by atoms with Crippen LogP contribution in [-0.4, -0.2) is 6.54 Å². The smallest absolute Gasteiger partial charge is 0.0998 e. The molecule has 2 heteroatoms. The number of benzene rings is 2. The van der Waals surface area contributed by atoms with Crippen LogP contribution < -0.4 is 5.32 Å². The molecule has 0 aliphatic rings. The summed E-state index contributed by atoms with van der Waals surface area (Å²) >= 11 is 0. The molecule has 0 heterocycles. The van der Waals surface area contributed by atoms with E-state index >= 15 is 0 Å². The third kappa shape index (κ3) is 2.39. The van der Waals surface area contributed by atoms with E-state index in [4.69, 9.17) is 5.26 Å². The lowest BCUT2D eigenvalue weighted by Crippen LogP contribution is -2.08. The van der Waals surface area contributed by atoms with Crippen LogP contribution in [0, 0.1) is 17.2 Å². The van der Waals surface area contributed by atoms with Crippen molar-refractivity contribution in [2.24, 2.45) is 5.92 Å². The first-order valence-corrected chi connectivity index (χ1v) is 5.88. The summed E-state index contributed by atoms with van der Waals surface area (Å²) < 4.78 is 0. The minimum absolute atomic E-state index is 0.601. The van der Waals surface area contributed by atoms with Gasteiger partial charge in [0, 0.05) is 23.0 Å². The van der Waals surface area contributed by atoms with E-state index in [0.717, 1.165) is 28.6 Å². The van der Waals surface area contributed by atoms with E-state index in [9.17, 15) is 0 Å². The Morgan fingerprint density at radius 3 is 2.47 bits per heavy atom. The lowest BCUT2D eigenvalue weighted by Gasteiger charge is -2.12. The molecule has 0 saturated carbocycles. The standard InChI is InChI=1S/C15H16N2/c1-11(2)10-17-15-8-7-12(9-16)13-5-3-4-6-14(13)15/h3-8,11,17H,10H2,1-2H3. The Morgan fingerprint density at radius 1 is 1.12 bits per heavy atom. The van der Waals surface area contributed by atoms with Crippen LogP contribution in [0.5, 0.6) is 0 Å². The van der Waals surface area contributed by atoms with Crippen LogP contribution in [-0.2, 0) is 0 Å². The number of hydrogen-bond acceptors (Lipinski definition) is 2. The fourth-order valence-corrected chi connectivity index (χ4v) is 1.86. The predicted molar refractivity (Wildman–Crippen MR) is 72.0 cm³/mol. The van der Waals surface area contributed by atoms with Crippen molar-refractivity contribution in [1.29, 1.82) is 5.26 Å². The molecule has 0 aliphatic heterocycles. The summed E-state index contributed by atoms with van der Waals surface area (Å²) in [4.78, 5) is 0. The Labute approximate surface area is 102 Å². The molecule has 0 amide bonds. The molecule has 0 aliphatic carbocycles. The van der Waals surface area contributed by atoms with Crippen LogP contribution in [0.1, 0.15) is 19.4 Å². The van der Waals surface area contributed by atoms with Crippen molar-refractivity contribution in [2.45, 2.75) is 13.8 Å². The average molecular weight is 224 g/mol. The first-order chi connectivity index (χ1) is 8.22. The molecular weight excluding hydrogens is 208 g/mol. The fraction of sp³-hybridized carbons (Fsp3) is 0.267. The molecule has 1 N–H and O–H groups in total. The van der Waals surface area contributed by atoms with E-state index in [0.29, 0.717) is 5.92 Å². The molecule has 2 aromatic rings. The van der Waals surface area contributed by atoms with Crippen LogP contribution in [0.2, 0.25) is 0 Å². The number of fused-ring (bicyclic) bond motifs is 1. The SMILES string of the molecule is CC(C)CNc1ccc(C#N)c2ccccc12. The highest BCUT2D eigenvalue weighted by atomic mass is 14.9. The van der Waals surface area contributed by atoms with Gasteiger partial charge in [0.15, 0.2) is 0 Å². The predicted octanol–water partition coefficient (Wildman–Crippen LogP) is 3.78. The summed E-state index contributed by atoms with van der Waals surface area (Å²) in [7, 11) is 0. The zero-order valence-corrected chi connectivity index (χ0v) is 10.2. The lowest BCUT2D eigenvalue weighted by molar-refractivity contribution is 0.689. The molecule has 86 valence electrons. The minimum Gasteiger partial charge on any atom is -0.384 e. The van der Waals surface area contributed by atoms with Crippen molar-refractivity contribution in [3.05, 3.63) is 42.0 Å². The van der Waals surface area contributed by atoms with Crippen molar-refractivity contribution >= 4 is 16.5 Å². The van der Waals surface area contributed by atoms with Gasteiger partial charge in [-0.3, -0.25) is 0 Å². The fourth-order valence-electron chi connectivity index (χ4n) is 1.86. The summed E-state index contributed by atoms with van der Waals surface area (Å²) in [5.74, 6) is 0.601. The van der Waals surface area contributed by atoms with Gasteiger partial charge in [-0.05, 0) is 18.1 Å². The molecule has 0 fully saturated rings. The first-order valence-electron chi connectivity index (χ1n) is 5.88. The van der Waals surface area contributed by atoms with E-state index < -0.39 is 0 Å². The van der Waals surface area contributed by atoms with Crippen LogP contribution in [0.3, 0.4) is 0 Å². The van der Waals surface area contributed by atoms with E-state index in [1.165, 1.54) is 0 Å².